The molecule has 1 heterocycles. The summed E-state index contributed by atoms with van der Waals surface area (Å²) in [6.07, 6.45) is 7.08. The SMILES string of the molecule is CCO[Si](CCCCCCCCn1nnc(C)n1)(OCC)OCC. The molecule has 0 unspecified atom stereocenters. The Morgan fingerprint density at radius 2 is 1.38 bits per heavy atom. The Kier molecular flexibility index (Phi) is 11.1. The van der Waals surface area contributed by atoms with Gasteiger partial charge in [-0.05, 0) is 45.7 Å². The molecule has 0 aliphatic heterocycles. The van der Waals surface area contributed by atoms with Gasteiger partial charge in [-0.2, -0.15) is 4.80 Å². The molecule has 0 radical (unpaired) electrons. The molecule has 24 heavy (non-hydrogen) atoms. The van der Waals surface area contributed by atoms with Crippen molar-refractivity contribution in [2.45, 2.75) is 78.8 Å². The number of aromatic nitrogens is 4. The lowest BCUT2D eigenvalue weighted by Gasteiger charge is -2.28. The monoisotopic (exact) mass is 358 g/mol. The van der Waals surface area contributed by atoms with Gasteiger partial charge in [0.1, 0.15) is 0 Å². The van der Waals surface area contributed by atoms with Gasteiger partial charge < -0.3 is 13.3 Å². The molecule has 140 valence electrons. The zero-order valence-corrected chi connectivity index (χ0v) is 16.8. The molecular weight excluding hydrogens is 324 g/mol. The molecule has 0 N–H and O–H groups in total. The van der Waals surface area contributed by atoms with Gasteiger partial charge in [-0.1, -0.05) is 25.7 Å². The van der Waals surface area contributed by atoms with Crippen LogP contribution in [0.1, 0.15) is 65.1 Å². The Hall–Kier alpha value is -0.833. The van der Waals surface area contributed by atoms with E-state index in [0.29, 0.717) is 19.8 Å². The number of aryl methyl sites for hydroxylation is 2. The van der Waals surface area contributed by atoms with Gasteiger partial charge in [-0.3, -0.25) is 0 Å². The Morgan fingerprint density at radius 1 is 0.833 bits per heavy atom. The van der Waals surface area contributed by atoms with E-state index >= 15 is 0 Å². The zero-order valence-electron chi connectivity index (χ0n) is 15.8. The van der Waals surface area contributed by atoms with Crippen LogP contribution in [-0.2, 0) is 19.8 Å². The molecule has 0 aromatic carbocycles. The molecule has 1 aromatic rings. The van der Waals surface area contributed by atoms with Gasteiger partial charge >= 0.3 is 8.80 Å². The fourth-order valence-corrected chi connectivity index (χ4v) is 5.41. The predicted octanol–water partition coefficient (Wildman–Crippen LogP) is 3.37. The summed E-state index contributed by atoms with van der Waals surface area (Å²) in [4.78, 5) is 1.68. The highest BCUT2D eigenvalue weighted by Crippen LogP contribution is 2.20. The van der Waals surface area contributed by atoms with E-state index in [0.717, 1.165) is 31.3 Å². The molecule has 0 aliphatic rings. The number of nitrogens with zero attached hydrogens (tertiary/aromatic N) is 4. The molecule has 7 nitrogen and oxygen atoms in total. The van der Waals surface area contributed by atoms with Crippen molar-refractivity contribution in [3.05, 3.63) is 5.82 Å². The second-order valence-electron chi connectivity index (χ2n) is 5.79. The minimum Gasteiger partial charge on any atom is -0.374 e. The summed E-state index contributed by atoms with van der Waals surface area (Å²) in [6, 6.07) is 0.921. The number of unbranched alkanes of at least 4 members (excludes halogenated alkanes) is 5. The molecule has 0 amide bonds. The Labute approximate surface area is 147 Å². The van der Waals surface area contributed by atoms with Crippen molar-refractivity contribution in [1.29, 1.82) is 0 Å². The zero-order chi connectivity index (χ0) is 17.7. The third-order valence-electron chi connectivity index (χ3n) is 3.74. The van der Waals surface area contributed by atoms with Crippen LogP contribution in [0, 0.1) is 6.92 Å². The number of hydrogen-bond donors (Lipinski definition) is 0. The Morgan fingerprint density at radius 3 is 1.88 bits per heavy atom. The Bertz CT molecular complexity index is 414. The van der Waals surface area contributed by atoms with Crippen LogP contribution in [0.4, 0.5) is 0 Å². The lowest BCUT2D eigenvalue weighted by molar-refractivity contribution is 0.0706. The van der Waals surface area contributed by atoms with Gasteiger partial charge in [0, 0.05) is 25.9 Å². The second kappa shape index (κ2) is 12.5. The normalized spacial score (nSPS) is 12.0. The van der Waals surface area contributed by atoms with E-state index in [4.69, 9.17) is 13.3 Å². The highest BCUT2D eigenvalue weighted by Gasteiger charge is 2.39. The highest BCUT2D eigenvalue weighted by atomic mass is 28.4. The molecule has 0 bridgehead atoms. The van der Waals surface area contributed by atoms with Crippen molar-refractivity contribution in [3.8, 4) is 0 Å². The fourth-order valence-electron chi connectivity index (χ4n) is 2.72. The maximum Gasteiger partial charge on any atom is 0.500 e. The van der Waals surface area contributed by atoms with Crippen molar-refractivity contribution < 1.29 is 13.3 Å². The van der Waals surface area contributed by atoms with E-state index in [9.17, 15) is 0 Å². The largest absolute Gasteiger partial charge is 0.500 e. The van der Waals surface area contributed by atoms with Crippen molar-refractivity contribution in [1.82, 2.24) is 20.2 Å². The number of rotatable bonds is 15. The molecule has 1 aromatic heterocycles. The molecule has 0 atom stereocenters. The molecule has 0 spiro atoms. The molecule has 0 saturated heterocycles. The first-order valence-corrected chi connectivity index (χ1v) is 11.2. The molecule has 0 fully saturated rings. The topological polar surface area (TPSA) is 71.3 Å². The average molecular weight is 359 g/mol. The average Bonchev–Trinajstić information content (AvgIpc) is 2.96. The molecule has 0 saturated carbocycles. The molecular formula is C16H34N4O3Si. The number of tetrazole rings is 1. The van der Waals surface area contributed by atoms with Crippen molar-refractivity contribution in [3.63, 3.8) is 0 Å². The summed E-state index contributed by atoms with van der Waals surface area (Å²) in [5.41, 5.74) is 0. The van der Waals surface area contributed by atoms with Crippen molar-refractivity contribution in [2.75, 3.05) is 19.8 Å². The fraction of sp³-hybridized carbons (Fsp3) is 0.938. The Balaban J connectivity index is 2.11. The van der Waals surface area contributed by atoms with E-state index in [1.165, 1.54) is 25.7 Å². The summed E-state index contributed by atoms with van der Waals surface area (Å²) in [6.45, 7) is 10.7. The van der Waals surface area contributed by atoms with Gasteiger partial charge in [0.05, 0.1) is 6.54 Å². The summed E-state index contributed by atoms with van der Waals surface area (Å²) < 4.78 is 17.6. The third kappa shape index (κ3) is 8.32. The van der Waals surface area contributed by atoms with E-state index < -0.39 is 8.80 Å². The first kappa shape index (κ1) is 21.2. The van der Waals surface area contributed by atoms with Crippen LogP contribution < -0.4 is 0 Å². The van der Waals surface area contributed by atoms with E-state index in [1.807, 2.05) is 27.7 Å². The van der Waals surface area contributed by atoms with E-state index in [2.05, 4.69) is 15.4 Å². The maximum absolute atomic E-state index is 5.88. The first-order chi connectivity index (χ1) is 11.7. The first-order valence-electron chi connectivity index (χ1n) is 9.32. The van der Waals surface area contributed by atoms with Crippen LogP contribution in [0.2, 0.25) is 6.04 Å². The van der Waals surface area contributed by atoms with Crippen LogP contribution in [0.3, 0.4) is 0 Å². The van der Waals surface area contributed by atoms with Crippen LogP contribution >= 0.6 is 0 Å². The van der Waals surface area contributed by atoms with Crippen molar-refractivity contribution in [2.24, 2.45) is 0 Å². The quantitative estimate of drug-likeness (QED) is 0.353. The van der Waals surface area contributed by atoms with Crippen LogP contribution in [-0.4, -0.2) is 48.8 Å². The van der Waals surface area contributed by atoms with Crippen LogP contribution in [0.25, 0.3) is 0 Å². The van der Waals surface area contributed by atoms with Crippen LogP contribution in [0.15, 0.2) is 0 Å². The third-order valence-corrected chi connectivity index (χ3v) is 6.89. The van der Waals surface area contributed by atoms with Gasteiger partial charge in [0.2, 0.25) is 0 Å². The summed E-state index contributed by atoms with van der Waals surface area (Å²) in [5.74, 6) is 0.737. The van der Waals surface area contributed by atoms with E-state index in [-0.39, 0.29) is 0 Å². The predicted molar refractivity (Wildman–Crippen MR) is 95.7 cm³/mol. The second-order valence-corrected chi connectivity index (χ2v) is 8.52. The van der Waals surface area contributed by atoms with Crippen molar-refractivity contribution >= 4 is 8.80 Å². The van der Waals surface area contributed by atoms with E-state index in [1.54, 1.807) is 4.80 Å². The molecule has 1 rings (SSSR count). The van der Waals surface area contributed by atoms with Crippen LogP contribution in [0.5, 0.6) is 0 Å². The lowest BCUT2D eigenvalue weighted by Crippen LogP contribution is -2.45. The van der Waals surface area contributed by atoms with Gasteiger partial charge in [-0.25, -0.2) is 0 Å². The molecule has 8 heteroatoms. The summed E-state index contributed by atoms with van der Waals surface area (Å²) in [5, 5.41) is 12.0. The minimum absolute atomic E-state index is 0.655. The molecule has 0 aliphatic carbocycles. The van der Waals surface area contributed by atoms with Gasteiger partial charge in [0.15, 0.2) is 5.82 Å². The highest BCUT2D eigenvalue weighted by molar-refractivity contribution is 6.60. The number of hydrogen-bond acceptors (Lipinski definition) is 6. The lowest BCUT2D eigenvalue weighted by atomic mass is 10.1. The smallest absolute Gasteiger partial charge is 0.374 e. The van der Waals surface area contributed by atoms with Gasteiger partial charge in [0.25, 0.3) is 0 Å². The standard InChI is InChI=1S/C16H34N4O3Si/c1-5-21-24(22-6-2,23-7-3)15-13-11-9-8-10-12-14-20-18-16(4)17-19-20/h5-15H2,1-4H3. The summed E-state index contributed by atoms with van der Waals surface area (Å²) in [7, 11) is -2.44. The maximum atomic E-state index is 5.88. The minimum atomic E-state index is -2.44. The summed E-state index contributed by atoms with van der Waals surface area (Å²) >= 11 is 0. The van der Waals surface area contributed by atoms with Gasteiger partial charge in [-0.15, -0.1) is 10.2 Å².